The van der Waals surface area contributed by atoms with Gasteiger partial charge in [0.1, 0.15) is 11.4 Å². The van der Waals surface area contributed by atoms with Crippen molar-refractivity contribution in [2.75, 3.05) is 7.11 Å². The van der Waals surface area contributed by atoms with E-state index in [0.717, 1.165) is 5.82 Å². The third-order valence-electron chi connectivity index (χ3n) is 2.95. The molecule has 0 amide bonds. The Bertz CT molecular complexity index is 340. The Labute approximate surface area is 90.3 Å². The molecule has 0 saturated heterocycles. The van der Waals surface area contributed by atoms with Crippen LogP contribution in [0.15, 0.2) is 12.4 Å². The van der Waals surface area contributed by atoms with Gasteiger partial charge in [-0.3, -0.25) is 4.79 Å². The number of nitrogens with zero attached hydrogens (tertiary/aromatic N) is 2. The summed E-state index contributed by atoms with van der Waals surface area (Å²) >= 11 is 0. The summed E-state index contributed by atoms with van der Waals surface area (Å²) < 4.78 is 7.10. The lowest BCUT2D eigenvalue weighted by Crippen LogP contribution is -2.38. The van der Waals surface area contributed by atoms with E-state index in [1.54, 1.807) is 13.3 Å². The van der Waals surface area contributed by atoms with Crippen LogP contribution in [-0.4, -0.2) is 28.0 Å². The minimum atomic E-state index is -0.689. The number of Topliss-reactive ketones (excluding diaryl/α,β-unsaturated/α-hetero) is 1. The third kappa shape index (κ3) is 2.45. The fourth-order valence-electron chi connectivity index (χ4n) is 1.35. The molecule has 84 valence electrons. The molecule has 15 heavy (non-hydrogen) atoms. The van der Waals surface area contributed by atoms with Crippen LogP contribution in [0.2, 0.25) is 0 Å². The lowest BCUT2D eigenvalue weighted by molar-refractivity contribution is -0.138. The van der Waals surface area contributed by atoms with Gasteiger partial charge in [0.05, 0.1) is 6.42 Å². The molecular weight excluding hydrogens is 192 g/mol. The maximum Gasteiger partial charge on any atom is 0.171 e. The molecule has 1 rings (SSSR count). The summed E-state index contributed by atoms with van der Waals surface area (Å²) in [7, 11) is 3.45. The number of methoxy groups -OCH3 is 1. The second kappa shape index (κ2) is 4.57. The Kier molecular flexibility index (Phi) is 3.63. The first kappa shape index (κ1) is 11.9. The molecule has 0 fully saturated rings. The van der Waals surface area contributed by atoms with Gasteiger partial charge in [0.15, 0.2) is 5.78 Å². The van der Waals surface area contributed by atoms with Crippen LogP contribution >= 0.6 is 0 Å². The minimum Gasteiger partial charge on any atom is -0.371 e. The number of hydrogen-bond acceptors (Lipinski definition) is 3. The molecule has 4 heteroatoms. The van der Waals surface area contributed by atoms with Crippen molar-refractivity contribution in [1.29, 1.82) is 0 Å². The highest BCUT2D eigenvalue weighted by molar-refractivity contribution is 5.88. The van der Waals surface area contributed by atoms with E-state index in [0.29, 0.717) is 12.8 Å². The normalized spacial score (nSPS) is 14.9. The van der Waals surface area contributed by atoms with Gasteiger partial charge in [0.2, 0.25) is 0 Å². The summed E-state index contributed by atoms with van der Waals surface area (Å²) in [5, 5.41) is 0. The lowest BCUT2D eigenvalue weighted by atomic mass is 9.95. The van der Waals surface area contributed by atoms with Crippen molar-refractivity contribution in [3.05, 3.63) is 18.2 Å². The van der Waals surface area contributed by atoms with E-state index >= 15 is 0 Å². The van der Waals surface area contributed by atoms with Crippen LogP contribution in [0, 0.1) is 0 Å². The molecule has 0 aromatic carbocycles. The van der Waals surface area contributed by atoms with Gasteiger partial charge in [0.25, 0.3) is 0 Å². The van der Waals surface area contributed by atoms with Crippen LogP contribution in [0.1, 0.15) is 26.1 Å². The summed E-state index contributed by atoms with van der Waals surface area (Å²) in [4.78, 5) is 16.1. The second-order valence-electron chi connectivity index (χ2n) is 3.84. The quantitative estimate of drug-likeness (QED) is 0.736. The molecule has 0 spiro atoms. The number of aryl methyl sites for hydroxylation is 1. The van der Waals surface area contributed by atoms with Crippen molar-refractivity contribution in [1.82, 2.24) is 9.55 Å². The molecule has 0 saturated carbocycles. The molecule has 1 unspecified atom stereocenters. The van der Waals surface area contributed by atoms with Gasteiger partial charge in [0, 0.05) is 26.6 Å². The van der Waals surface area contributed by atoms with Gasteiger partial charge < -0.3 is 9.30 Å². The van der Waals surface area contributed by atoms with Crippen LogP contribution in [0.25, 0.3) is 0 Å². The predicted octanol–water partition coefficient (Wildman–Crippen LogP) is 1.35. The number of carbonyl (C=O) groups excluding carboxylic acids is 1. The van der Waals surface area contributed by atoms with E-state index < -0.39 is 5.60 Å². The first-order valence-electron chi connectivity index (χ1n) is 5.08. The van der Waals surface area contributed by atoms with Crippen LogP contribution in [0.4, 0.5) is 0 Å². The molecule has 1 heterocycles. The number of ether oxygens (including phenoxy) is 1. The number of ketones is 1. The maximum absolute atomic E-state index is 12.0. The first-order chi connectivity index (χ1) is 7.03. The average Bonchev–Trinajstić information content (AvgIpc) is 2.63. The Morgan fingerprint density at radius 1 is 1.67 bits per heavy atom. The number of imidazole rings is 1. The van der Waals surface area contributed by atoms with Gasteiger partial charge in [-0.1, -0.05) is 6.92 Å². The molecule has 1 aromatic heterocycles. The highest BCUT2D eigenvalue weighted by Crippen LogP contribution is 2.17. The van der Waals surface area contributed by atoms with E-state index in [-0.39, 0.29) is 5.78 Å². The Morgan fingerprint density at radius 2 is 2.33 bits per heavy atom. The molecule has 0 radical (unpaired) electrons. The average molecular weight is 210 g/mol. The van der Waals surface area contributed by atoms with Crippen LogP contribution in [-0.2, 0) is 23.0 Å². The van der Waals surface area contributed by atoms with Crippen LogP contribution < -0.4 is 0 Å². The Balaban J connectivity index is 2.75. The zero-order valence-corrected chi connectivity index (χ0v) is 9.78. The smallest absolute Gasteiger partial charge is 0.171 e. The van der Waals surface area contributed by atoms with E-state index in [2.05, 4.69) is 4.98 Å². The summed E-state index contributed by atoms with van der Waals surface area (Å²) in [6, 6.07) is 0. The van der Waals surface area contributed by atoms with Crippen molar-refractivity contribution in [2.24, 2.45) is 7.05 Å². The third-order valence-corrected chi connectivity index (χ3v) is 2.95. The standard InChI is InChI=1S/C11H18N2O2/c1-5-11(2,15-4)9(14)8-10-12-6-7-13(10)3/h6-7H,5,8H2,1-4H3. The fourth-order valence-corrected chi connectivity index (χ4v) is 1.35. The van der Waals surface area contributed by atoms with Gasteiger partial charge in [-0.2, -0.15) is 0 Å². The molecule has 0 aliphatic carbocycles. The lowest BCUT2D eigenvalue weighted by Gasteiger charge is -2.24. The number of rotatable bonds is 5. The van der Waals surface area contributed by atoms with Crippen LogP contribution in [0.3, 0.4) is 0 Å². The molecule has 0 aliphatic rings. The van der Waals surface area contributed by atoms with Gasteiger partial charge >= 0.3 is 0 Å². The van der Waals surface area contributed by atoms with E-state index in [9.17, 15) is 4.79 Å². The topological polar surface area (TPSA) is 44.1 Å². The monoisotopic (exact) mass is 210 g/mol. The SMILES string of the molecule is CCC(C)(OC)C(=O)Cc1nccn1C. The molecule has 0 aliphatic heterocycles. The van der Waals surface area contributed by atoms with Gasteiger partial charge in [-0.05, 0) is 13.3 Å². The maximum atomic E-state index is 12.0. The second-order valence-corrected chi connectivity index (χ2v) is 3.84. The zero-order chi connectivity index (χ0) is 11.5. The summed E-state index contributed by atoms with van der Waals surface area (Å²) in [5.41, 5.74) is -0.689. The largest absolute Gasteiger partial charge is 0.371 e. The molecule has 0 N–H and O–H groups in total. The minimum absolute atomic E-state index is 0.0711. The predicted molar refractivity (Wildman–Crippen MR) is 57.6 cm³/mol. The summed E-state index contributed by atoms with van der Waals surface area (Å²) in [5.74, 6) is 0.846. The highest BCUT2D eigenvalue weighted by atomic mass is 16.5. The molecule has 1 atom stereocenters. The van der Waals surface area contributed by atoms with Crippen molar-refractivity contribution in [3.63, 3.8) is 0 Å². The van der Waals surface area contributed by atoms with Gasteiger partial charge in [-0.25, -0.2) is 4.98 Å². The molecular formula is C11H18N2O2. The van der Waals surface area contributed by atoms with Gasteiger partial charge in [-0.15, -0.1) is 0 Å². The van der Waals surface area contributed by atoms with Crippen molar-refractivity contribution in [2.45, 2.75) is 32.3 Å². The summed E-state index contributed by atoms with van der Waals surface area (Å²) in [6.07, 6.45) is 4.52. The molecule has 1 aromatic rings. The first-order valence-corrected chi connectivity index (χ1v) is 5.08. The number of aromatic nitrogens is 2. The summed E-state index contributed by atoms with van der Waals surface area (Å²) in [6.45, 7) is 3.76. The Hall–Kier alpha value is -1.16. The highest BCUT2D eigenvalue weighted by Gasteiger charge is 2.31. The fraction of sp³-hybridized carbons (Fsp3) is 0.636. The molecule has 4 nitrogen and oxygen atoms in total. The van der Waals surface area contributed by atoms with Crippen molar-refractivity contribution in [3.8, 4) is 0 Å². The Morgan fingerprint density at radius 3 is 2.73 bits per heavy atom. The van der Waals surface area contributed by atoms with Crippen molar-refractivity contribution >= 4 is 5.78 Å². The van der Waals surface area contributed by atoms with E-state index in [1.807, 2.05) is 31.7 Å². The van der Waals surface area contributed by atoms with E-state index in [4.69, 9.17) is 4.74 Å². The number of carbonyl (C=O) groups is 1. The van der Waals surface area contributed by atoms with E-state index in [1.165, 1.54) is 0 Å². The number of hydrogen-bond donors (Lipinski definition) is 0. The zero-order valence-electron chi connectivity index (χ0n) is 9.78. The van der Waals surface area contributed by atoms with Crippen LogP contribution in [0.5, 0.6) is 0 Å². The molecule has 0 bridgehead atoms. The van der Waals surface area contributed by atoms with Crippen molar-refractivity contribution < 1.29 is 9.53 Å².